The van der Waals surface area contributed by atoms with E-state index in [4.69, 9.17) is 4.74 Å². The van der Waals surface area contributed by atoms with Crippen LogP contribution in [0.25, 0.3) is 0 Å². The Labute approximate surface area is 126 Å². The summed E-state index contributed by atoms with van der Waals surface area (Å²) in [6.45, 7) is 4.34. The molecule has 2 N–H and O–H groups in total. The summed E-state index contributed by atoms with van der Waals surface area (Å²) in [6, 6.07) is 7.88. The minimum absolute atomic E-state index is 0. The Morgan fingerprint density at radius 1 is 1.40 bits per heavy atom. The molecule has 1 heterocycles. The molecule has 1 unspecified atom stereocenters. The number of carbonyl (C=O) groups is 1. The highest BCUT2D eigenvalue weighted by molar-refractivity contribution is 5.85. The molecule has 2 rings (SSSR count). The summed E-state index contributed by atoms with van der Waals surface area (Å²) in [5.41, 5.74) is 1.09. The summed E-state index contributed by atoms with van der Waals surface area (Å²) in [7, 11) is 0. The zero-order valence-corrected chi connectivity index (χ0v) is 12.7. The summed E-state index contributed by atoms with van der Waals surface area (Å²) in [6.07, 6.45) is 3.03. The number of halogens is 1. The molecule has 20 heavy (non-hydrogen) atoms. The first-order chi connectivity index (χ1) is 9.29. The molecule has 1 atom stereocenters. The van der Waals surface area contributed by atoms with Gasteiger partial charge in [0.1, 0.15) is 5.75 Å². The fourth-order valence-corrected chi connectivity index (χ4v) is 2.14. The van der Waals surface area contributed by atoms with Crippen LogP contribution in [0.3, 0.4) is 0 Å². The molecule has 4 nitrogen and oxygen atoms in total. The number of carbonyl (C=O) groups excluding carboxylic acids is 1. The normalized spacial score (nSPS) is 17.4. The van der Waals surface area contributed by atoms with Crippen LogP contribution in [-0.4, -0.2) is 25.1 Å². The van der Waals surface area contributed by atoms with Gasteiger partial charge in [-0.2, -0.15) is 0 Å². The molecule has 0 aliphatic carbocycles. The van der Waals surface area contributed by atoms with Gasteiger partial charge in [-0.05, 0) is 43.5 Å². The van der Waals surface area contributed by atoms with Crippen LogP contribution in [0.15, 0.2) is 24.3 Å². The monoisotopic (exact) mass is 298 g/mol. The summed E-state index contributed by atoms with van der Waals surface area (Å²) in [5, 5.41) is 6.15. The van der Waals surface area contributed by atoms with E-state index in [2.05, 4.69) is 17.6 Å². The maximum Gasteiger partial charge on any atom is 0.237 e. The second-order valence-corrected chi connectivity index (χ2v) is 4.86. The second kappa shape index (κ2) is 8.82. The minimum Gasteiger partial charge on any atom is -0.494 e. The molecular weight excluding hydrogens is 276 g/mol. The molecule has 5 heteroatoms. The number of ether oxygens (including phenoxy) is 1. The van der Waals surface area contributed by atoms with E-state index in [0.717, 1.165) is 43.7 Å². The molecule has 1 amide bonds. The van der Waals surface area contributed by atoms with Gasteiger partial charge in [0.2, 0.25) is 5.91 Å². The predicted octanol–water partition coefficient (Wildman–Crippen LogP) is 2.27. The molecule has 1 fully saturated rings. The van der Waals surface area contributed by atoms with Crippen molar-refractivity contribution >= 4 is 18.3 Å². The zero-order chi connectivity index (χ0) is 13.5. The summed E-state index contributed by atoms with van der Waals surface area (Å²) < 4.78 is 5.52. The van der Waals surface area contributed by atoms with Crippen molar-refractivity contribution in [2.24, 2.45) is 0 Å². The van der Waals surface area contributed by atoms with Crippen LogP contribution < -0.4 is 15.4 Å². The van der Waals surface area contributed by atoms with Gasteiger partial charge in [-0.1, -0.05) is 19.1 Å². The smallest absolute Gasteiger partial charge is 0.237 e. The van der Waals surface area contributed by atoms with Gasteiger partial charge < -0.3 is 15.4 Å². The number of nitrogens with one attached hydrogen (secondary N) is 2. The van der Waals surface area contributed by atoms with E-state index in [0.29, 0.717) is 6.54 Å². The number of rotatable bonds is 6. The standard InChI is InChI=1S/C15H22N2O2.ClH/c1-2-10-19-13-7-5-12(6-8-13)11-17-15(18)14-4-3-9-16-14;/h5-8,14,16H,2-4,9-11H2,1H3,(H,17,18);1H. The quantitative estimate of drug-likeness (QED) is 0.847. The average Bonchev–Trinajstić information content (AvgIpc) is 2.98. The Morgan fingerprint density at radius 3 is 2.75 bits per heavy atom. The van der Waals surface area contributed by atoms with Crippen molar-refractivity contribution in [2.45, 2.75) is 38.8 Å². The van der Waals surface area contributed by atoms with Gasteiger partial charge in [0.25, 0.3) is 0 Å². The maximum absolute atomic E-state index is 11.8. The third-order valence-corrected chi connectivity index (χ3v) is 3.24. The highest BCUT2D eigenvalue weighted by Crippen LogP contribution is 2.12. The molecule has 1 aromatic rings. The van der Waals surface area contributed by atoms with Gasteiger partial charge in [0, 0.05) is 6.54 Å². The SMILES string of the molecule is CCCOc1ccc(CNC(=O)C2CCCN2)cc1.Cl. The Morgan fingerprint density at radius 2 is 2.15 bits per heavy atom. The third-order valence-electron chi connectivity index (χ3n) is 3.24. The van der Waals surface area contributed by atoms with Crippen molar-refractivity contribution in [1.29, 1.82) is 0 Å². The van der Waals surface area contributed by atoms with E-state index in [1.54, 1.807) is 0 Å². The molecule has 1 aromatic carbocycles. The van der Waals surface area contributed by atoms with Gasteiger partial charge >= 0.3 is 0 Å². The predicted molar refractivity (Wildman–Crippen MR) is 82.3 cm³/mol. The molecule has 1 saturated heterocycles. The summed E-state index contributed by atoms with van der Waals surface area (Å²) in [4.78, 5) is 11.8. The molecule has 0 bridgehead atoms. The van der Waals surface area contributed by atoms with E-state index in [9.17, 15) is 4.79 Å². The highest BCUT2D eigenvalue weighted by atomic mass is 35.5. The largest absolute Gasteiger partial charge is 0.494 e. The Bertz CT molecular complexity index is 403. The van der Waals surface area contributed by atoms with Gasteiger partial charge in [-0.25, -0.2) is 0 Å². The molecule has 0 aromatic heterocycles. The van der Waals surface area contributed by atoms with Gasteiger partial charge in [0.05, 0.1) is 12.6 Å². The van der Waals surface area contributed by atoms with Gasteiger partial charge in [-0.15, -0.1) is 12.4 Å². The third kappa shape index (κ3) is 5.02. The van der Waals surface area contributed by atoms with Crippen molar-refractivity contribution in [3.63, 3.8) is 0 Å². The van der Waals surface area contributed by atoms with E-state index in [-0.39, 0.29) is 24.4 Å². The molecule has 112 valence electrons. The number of benzene rings is 1. The fourth-order valence-electron chi connectivity index (χ4n) is 2.14. The van der Waals surface area contributed by atoms with Crippen LogP contribution in [0.2, 0.25) is 0 Å². The molecular formula is C15H23ClN2O2. The van der Waals surface area contributed by atoms with Crippen LogP contribution in [0.1, 0.15) is 31.7 Å². The summed E-state index contributed by atoms with van der Waals surface area (Å²) >= 11 is 0. The van der Waals surface area contributed by atoms with Crippen molar-refractivity contribution in [3.05, 3.63) is 29.8 Å². The minimum atomic E-state index is -0.00726. The first-order valence-corrected chi connectivity index (χ1v) is 7.02. The fraction of sp³-hybridized carbons (Fsp3) is 0.533. The zero-order valence-electron chi connectivity index (χ0n) is 11.9. The second-order valence-electron chi connectivity index (χ2n) is 4.86. The van der Waals surface area contributed by atoms with Crippen molar-refractivity contribution in [2.75, 3.05) is 13.2 Å². The first-order valence-electron chi connectivity index (χ1n) is 7.02. The van der Waals surface area contributed by atoms with Crippen molar-refractivity contribution in [1.82, 2.24) is 10.6 Å². The van der Waals surface area contributed by atoms with E-state index in [1.165, 1.54) is 0 Å². The van der Waals surface area contributed by atoms with Crippen molar-refractivity contribution < 1.29 is 9.53 Å². The van der Waals surface area contributed by atoms with Crippen LogP contribution in [0, 0.1) is 0 Å². The van der Waals surface area contributed by atoms with E-state index in [1.807, 2.05) is 24.3 Å². The number of hydrogen-bond acceptors (Lipinski definition) is 3. The molecule has 1 aliphatic rings. The molecule has 1 aliphatic heterocycles. The highest BCUT2D eigenvalue weighted by Gasteiger charge is 2.21. The van der Waals surface area contributed by atoms with Crippen LogP contribution >= 0.6 is 12.4 Å². The maximum atomic E-state index is 11.8. The number of hydrogen-bond donors (Lipinski definition) is 2. The molecule has 0 spiro atoms. The topological polar surface area (TPSA) is 50.4 Å². The molecule has 0 radical (unpaired) electrons. The van der Waals surface area contributed by atoms with Crippen LogP contribution in [0.5, 0.6) is 5.75 Å². The lowest BCUT2D eigenvalue weighted by Gasteiger charge is -2.11. The lowest BCUT2D eigenvalue weighted by molar-refractivity contribution is -0.122. The van der Waals surface area contributed by atoms with Gasteiger partial charge in [0.15, 0.2) is 0 Å². The van der Waals surface area contributed by atoms with E-state index < -0.39 is 0 Å². The Kier molecular flexibility index (Phi) is 7.41. The average molecular weight is 299 g/mol. The molecule has 0 saturated carbocycles. The Balaban J connectivity index is 0.00000200. The van der Waals surface area contributed by atoms with Crippen LogP contribution in [0.4, 0.5) is 0 Å². The van der Waals surface area contributed by atoms with E-state index >= 15 is 0 Å². The summed E-state index contributed by atoms with van der Waals surface area (Å²) in [5.74, 6) is 0.984. The lowest BCUT2D eigenvalue weighted by atomic mass is 10.2. The van der Waals surface area contributed by atoms with Crippen LogP contribution in [-0.2, 0) is 11.3 Å². The van der Waals surface area contributed by atoms with Crippen molar-refractivity contribution in [3.8, 4) is 5.75 Å². The lowest BCUT2D eigenvalue weighted by Crippen LogP contribution is -2.39. The van der Waals surface area contributed by atoms with Gasteiger partial charge in [-0.3, -0.25) is 4.79 Å². The number of amides is 1. The first kappa shape index (κ1) is 16.8. The Hall–Kier alpha value is -1.26.